The fourth-order valence-corrected chi connectivity index (χ4v) is 2.83. The van der Waals surface area contributed by atoms with E-state index in [2.05, 4.69) is 4.18 Å². The first kappa shape index (κ1) is 24.4. The van der Waals surface area contributed by atoms with Crippen LogP contribution in [0.1, 0.15) is 31.9 Å². The number of nitrogens with zero attached hydrogens (tertiary/aromatic N) is 1. The Hall–Kier alpha value is -2.84. The number of rotatable bonds is 8. The number of ether oxygens (including phenoxy) is 2. The van der Waals surface area contributed by atoms with Gasteiger partial charge in [0.05, 0.1) is 6.26 Å². The number of anilines is 1. The van der Waals surface area contributed by atoms with Gasteiger partial charge < -0.3 is 9.47 Å². The lowest BCUT2D eigenvalue weighted by Crippen LogP contribution is -2.34. The Morgan fingerprint density at radius 3 is 1.94 bits per heavy atom. The molecule has 0 aromatic heterocycles. The molecular formula is C23H29NO6S. The molecule has 0 bridgehead atoms. The van der Waals surface area contributed by atoms with Gasteiger partial charge in [0.25, 0.3) is 10.1 Å². The summed E-state index contributed by atoms with van der Waals surface area (Å²) >= 11 is 0. The van der Waals surface area contributed by atoms with E-state index >= 15 is 0 Å². The molecule has 1 amide bonds. The molecular weight excluding hydrogens is 418 g/mol. The van der Waals surface area contributed by atoms with E-state index in [1.807, 2.05) is 69.3 Å². The fourth-order valence-electron chi connectivity index (χ4n) is 2.46. The number of hydrogen-bond acceptors (Lipinski definition) is 6. The molecule has 0 heterocycles. The maximum Gasteiger partial charge on any atom is 0.414 e. The lowest BCUT2D eigenvalue weighted by molar-refractivity contribution is 0.0589. The lowest BCUT2D eigenvalue weighted by Gasteiger charge is -2.24. The Balaban J connectivity index is 1.90. The molecule has 0 aliphatic carbocycles. The summed E-state index contributed by atoms with van der Waals surface area (Å²) in [4.78, 5) is 13.6. The third kappa shape index (κ3) is 9.23. The zero-order valence-electron chi connectivity index (χ0n) is 18.5. The molecule has 8 heteroatoms. The first-order valence-electron chi connectivity index (χ1n) is 9.75. The molecule has 2 aromatic carbocycles. The monoisotopic (exact) mass is 447 g/mol. The molecule has 0 saturated heterocycles. The summed E-state index contributed by atoms with van der Waals surface area (Å²) < 4.78 is 37.2. The van der Waals surface area contributed by atoms with E-state index in [-0.39, 0.29) is 13.2 Å². The Bertz CT molecular complexity index is 990. The van der Waals surface area contributed by atoms with Crippen molar-refractivity contribution in [3.05, 3.63) is 59.7 Å². The van der Waals surface area contributed by atoms with Crippen LogP contribution in [0.5, 0.6) is 5.75 Å². The van der Waals surface area contributed by atoms with Gasteiger partial charge in [-0.1, -0.05) is 36.4 Å². The van der Waals surface area contributed by atoms with Crippen LogP contribution in [0.3, 0.4) is 0 Å². The SMILES string of the molecule is CN(C(=O)OC(C)(C)C)c1ccc(/C=C/c2ccc(OCCOS(C)(=O)=O)cc2)cc1. The van der Waals surface area contributed by atoms with Crippen LogP contribution in [0.4, 0.5) is 10.5 Å². The first-order chi connectivity index (χ1) is 14.4. The zero-order valence-corrected chi connectivity index (χ0v) is 19.3. The lowest BCUT2D eigenvalue weighted by atomic mass is 10.1. The van der Waals surface area contributed by atoms with Crippen LogP contribution in [0, 0.1) is 0 Å². The van der Waals surface area contributed by atoms with Crippen LogP contribution < -0.4 is 9.64 Å². The zero-order chi connectivity index (χ0) is 23.1. The largest absolute Gasteiger partial charge is 0.491 e. The van der Waals surface area contributed by atoms with Crippen molar-refractivity contribution in [3.63, 3.8) is 0 Å². The topological polar surface area (TPSA) is 82.1 Å². The van der Waals surface area contributed by atoms with Crippen molar-refractivity contribution in [2.24, 2.45) is 0 Å². The molecule has 31 heavy (non-hydrogen) atoms. The average molecular weight is 448 g/mol. The number of carbonyl (C=O) groups is 1. The summed E-state index contributed by atoms with van der Waals surface area (Å²) in [5, 5.41) is 0. The highest BCUT2D eigenvalue weighted by atomic mass is 32.2. The summed E-state index contributed by atoms with van der Waals surface area (Å²) in [7, 11) is -1.78. The highest BCUT2D eigenvalue weighted by molar-refractivity contribution is 7.85. The van der Waals surface area contributed by atoms with Crippen molar-refractivity contribution in [3.8, 4) is 5.75 Å². The second-order valence-corrected chi connectivity index (χ2v) is 9.55. The molecule has 0 fully saturated rings. The van der Waals surface area contributed by atoms with E-state index in [0.29, 0.717) is 5.75 Å². The first-order valence-corrected chi connectivity index (χ1v) is 11.6. The molecule has 0 unspecified atom stereocenters. The molecule has 0 aliphatic heterocycles. The predicted molar refractivity (Wildman–Crippen MR) is 123 cm³/mol. The molecule has 2 aromatic rings. The van der Waals surface area contributed by atoms with Gasteiger partial charge in [-0.3, -0.25) is 9.08 Å². The standard InChI is InChI=1S/C23H29NO6S/c1-23(2,3)30-22(25)24(4)20-12-8-18(9-13-20)6-7-19-10-14-21(15-11-19)28-16-17-29-31(5,26)27/h6-15H,16-17H2,1-5H3/b7-6+. The molecule has 0 N–H and O–H groups in total. The number of carbonyl (C=O) groups excluding carboxylic acids is 1. The van der Waals surface area contributed by atoms with Crippen LogP contribution in [-0.2, 0) is 19.0 Å². The molecule has 0 atom stereocenters. The van der Waals surface area contributed by atoms with Crippen LogP contribution >= 0.6 is 0 Å². The van der Waals surface area contributed by atoms with Crippen molar-refractivity contribution in [1.29, 1.82) is 0 Å². The maximum absolute atomic E-state index is 12.2. The third-order valence-corrected chi connectivity index (χ3v) is 4.54. The molecule has 0 spiro atoms. The van der Waals surface area contributed by atoms with Crippen molar-refractivity contribution >= 4 is 34.1 Å². The molecule has 0 radical (unpaired) electrons. The molecule has 7 nitrogen and oxygen atoms in total. The van der Waals surface area contributed by atoms with Crippen LogP contribution in [0.15, 0.2) is 48.5 Å². The summed E-state index contributed by atoms with van der Waals surface area (Å²) in [5.41, 5.74) is 2.17. The highest BCUT2D eigenvalue weighted by Crippen LogP contribution is 2.19. The minimum absolute atomic E-state index is 0.0282. The van der Waals surface area contributed by atoms with Gasteiger partial charge in [0.1, 0.15) is 24.6 Å². The minimum Gasteiger partial charge on any atom is -0.491 e. The Labute approximate surface area is 184 Å². The predicted octanol–water partition coefficient (Wildman–Crippen LogP) is 4.58. The van der Waals surface area contributed by atoms with E-state index in [4.69, 9.17) is 9.47 Å². The summed E-state index contributed by atoms with van der Waals surface area (Å²) in [6, 6.07) is 15.0. The van der Waals surface area contributed by atoms with Gasteiger partial charge in [0.2, 0.25) is 0 Å². The van der Waals surface area contributed by atoms with Crippen LogP contribution in [0.2, 0.25) is 0 Å². The molecule has 0 saturated carbocycles. The van der Waals surface area contributed by atoms with Crippen molar-refractivity contribution in [2.45, 2.75) is 26.4 Å². The van der Waals surface area contributed by atoms with Crippen molar-refractivity contribution < 1.29 is 26.9 Å². The fraction of sp³-hybridized carbons (Fsp3) is 0.348. The Morgan fingerprint density at radius 2 is 1.45 bits per heavy atom. The quantitative estimate of drug-likeness (QED) is 0.335. The molecule has 168 valence electrons. The smallest absolute Gasteiger partial charge is 0.414 e. The average Bonchev–Trinajstić information content (AvgIpc) is 2.68. The number of benzene rings is 2. The molecule has 0 aliphatic rings. The molecule has 2 rings (SSSR count). The van der Waals surface area contributed by atoms with Gasteiger partial charge in [-0.2, -0.15) is 8.42 Å². The van der Waals surface area contributed by atoms with E-state index < -0.39 is 21.8 Å². The van der Waals surface area contributed by atoms with Crippen LogP contribution in [0.25, 0.3) is 12.2 Å². The van der Waals surface area contributed by atoms with Crippen molar-refractivity contribution in [2.75, 3.05) is 31.4 Å². The van der Waals surface area contributed by atoms with E-state index in [9.17, 15) is 13.2 Å². The van der Waals surface area contributed by atoms with Gasteiger partial charge in [-0.05, 0) is 56.2 Å². The number of amides is 1. The Morgan fingerprint density at radius 1 is 0.935 bits per heavy atom. The number of hydrogen-bond donors (Lipinski definition) is 0. The van der Waals surface area contributed by atoms with Gasteiger partial charge in [-0.15, -0.1) is 0 Å². The Kier molecular flexibility index (Phi) is 8.24. The highest BCUT2D eigenvalue weighted by Gasteiger charge is 2.20. The second kappa shape index (κ2) is 10.5. The van der Waals surface area contributed by atoms with Crippen LogP contribution in [-0.4, -0.2) is 46.6 Å². The minimum atomic E-state index is -3.45. The maximum atomic E-state index is 12.2. The van der Waals surface area contributed by atoms with E-state index in [1.165, 1.54) is 4.90 Å². The van der Waals surface area contributed by atoms with E-state index in [1.54, 1.807) is 19.2 Å². The summed E-state index contributed by atoms with van der Waals surface area (Å²) in [6.45, 7) is 5.61. The van der Waals surface area contributed by atoms with Gasteiger partial charge in [0, 0.05) is 12.7 Å². The summed E-state index contributed by atoms with van der Waals surface area (Å²) in [6.07, 6.45) is 4.53. The van der Waals surface area contributed by atoms with Gasteiger partial charge in [-0.25, -0.2) is 4.79 Å². The van der Waals surface area contributed by atoms with E-state index in [0.717, 1.165) is 23.1 Å². The normalized spacial score (nSPS) is 12.0. The van der Waals surface area contributed by atoms with Crippen molar-refractivity contribution in [1.82, 2.24) is 0 Å². The van der Waals surface area contributed by atoms with Gasteiger partial charge >= 0.3 is 6.09 Å². The summed E-state index contributed by atoms with van der Waals surface area (Å²) in [5.74, 6) is 0.629. The third-order valence-electron chi connectivity index (χ3n) is 3.95. The van der Waals surface area contributed by atoms with Gasteiger partial charge in [0.15, 0.2) is 0 Å². The second-order valence-electron chi connectivity index (χ2n) is 7.91.